The Morgan fingerprint density at radius 3 is 2.14 bits per heavy atom. The predicted octanol–water partition coefficient (Wildman–Crippen LogP) is 3.80. The van der Waals surface area contributed by atoms with Crippen molar-refractivity contribution in [2.24, 2.45) is 0 Å². The SMILES string of the molecule is O=C(c1ccc(F)cc1)c1ccc(OC(=O)C2COc3ccccc3O2)cc1. The van der Waals surface area contributed by atoms with Gasteiger partial charge in [-0.05, 0) is 60.7 Å². The molecular formula is C22H15FO5. The van der Waals surface area contributed by atoms with Crippen LogP contribution in [-0.2, 0) is 4.79 Å². The molecule has 1 aliphatic heterocycles. The Labute approximate surface area is 160 Å². The fraction of sp³-hybridized carbons (Fsp3) is 0.0909. The first-order valence-electron chi connectivity index (χ1n) is 8.61. The van der Waals surface area contributed by atoms with Crippen LogP contribution >= 0.6 is 0 Å². The maximum absolute atomic E-state index is 13.0. The van der Waals surface area contributed by atoms with Crippen LogP contribution in [0.5, 0.6) is 17.2 Å². The van der Waals surface area contributed by atoms with E-state index in [0.29, 0.717) is 22.6 Å². The second-order valence-corrected chi connectivity index (χ2v) is 6.15. The maximum Gasteiger partial charge on any atom is 0.356 e. The molecule has 4 rings (SSSR count). The van der Waals surface area contributed by atoms with Crippen molar-refractivity contribution >= 4 is 11.8 Å². The topological polar surface area (TPSA) is 61.8 Å². The average molecular weight is 378 g/mol. The molecule has 0 saturated carbocycles. The maximum atomic E-state index is 13.0. The van der Waals surface area contributed by atoms with E-state index >= 15 is 0 Å². The molecule has 0 aliphatic carbocycles. The summed E-state index contributed by atoms with van der Waals surface area (Å²) >= 11 is 0. The summed E-state index contributed by atoms with van der Waals surface area (Å²) in [5.74, 6) is 0.0928. The van der Waals surface area contributed by atoms with Crippen LogP contribution < -0.4 is 14.2 Å². The van der Waals surface area contributed by atoms with Crippen LogP contribution in [0.1, 0.15) is 15.9 Å². The van der Waals surface area contributed by atoms with Gasteiger partial charge in [0.2, 0.25) is 6.10 Å². The molecule has 28 heavy (non-hydrogen) atoms. The van der Waals surface area contributed by atoms with Gasteiger partial charge >= 0.3 is 5.97 Å². The molecule has 0 saturated heterocycles. The first-order chi connectivity index (χ1) is 13.6. The number of hydrogen-bond donors (Lipinski definition) is 0. The molecular weight excluding hydrogens is 363 g/mol. The Hall–Kier alpha value is -3.67. The van der Waals surface area contributed by atoms with E-state index in [0.717, 1.165) is 0 Å². The van der Waals surface area contributed by atoms with E-state index in [4.69, 9.17) is 14.2 Å². The molecule has 5 nitrogen and oxygen atoms in total. The number of ketones is 1. The van der Waals surface area contributed by atoms with Gasteiger partial charge in [0.15, 0.2) is 17.3 Å². The van der Waals surface area contributed by atoms with Crippen LogP contribution in [-0.4, -0.2) is 24.5 Å². The minimum Gasteiger partial charge on any atom is -0.485 e. The highest BCUT2D eigenvalue weighted by Gasteiger charge is 2.29. The van der Waals surface area contributed by atoms with E-state index in [1.165, 1.54) is 36.4 Å². The van der Waals surface area contributed by atoms with Crippen molar-refractivity contribution < 1.29 is 28.2 Å². The molecule has 0 spiro atoms. The van der Waals surface area contributed by atoms with E-state index < -0.39 is 17.9 Å². The van der Waals surface area contributed by atoms with E-state index in [2.05, 4.69) is 0 Å². The molecule has 0 radical (unpaired) electrons. The Kier molecular flexibility index (Phi) is 4.76. The molecule has 1 atom stereocenters. The van der Waals surface area contributed by atoms with Crippen molar-refractivity contribution in [2.75, 3.05) is 6.61 Å². The van der Waals surface area contributed by atoms with Crippen molar-refractivity contribution in [3.8, 4) is 17.2 Å². The molecule has 140 valence electrons. The summed E-state index contributed by atoms with van der Waals surface area (Å²) in [6.45, 7) is 0.0526. The average Bonchev–Trinajstić information content (AvgIpc) is 2.74. The molecule has 1 aliphatic rings. The van der Waals surface area contributed by atoms with E-state index in [1.54, 1.807) is 30.3 Å². The lowest BCUT2D eigenvalue weighted by molar-refractivity contribution is -0.144. The summed E-state index contributed by atoms with van der Waals surface area (Å²) in [7, 11) is 0. The largest absolute Gasteiger partial charge is 0.485 e. The Morgan fingerprint density at radius 2 is 1.46 bits per heavy atom. The van der Waals surface area contributed by atoms with Gasteiger partial charge in [0.1, 0.15) is 18.2 Å². The molecule has 1 heterocycles. The lowest BCUT2D eigenvalue weighted by atomic mass is 10.0. The van der Waals surface area contributed by atoms with Crippen LogP contribution in [0.4, 0.5) is 4.39 Å². The number of esters is 1. The third kappa shape index (κ3) is 3.71. The standard InChI is InChI=1S/C22H15FO5/c23-16-9-5-14(6-10-16)21(24)15-7-11-17(12-8-15)27-22(25)20-13-26-18-3-1-2-4-19(18)28-20/h1-12,20H,13H2. The number of halogens is 1. The number of carbonyl (C=O) groups is 2. The lowest BCUT2D eigenvalue weighted by Crippen LogP contribution is -2.39. The predicted molar refractivity (Wildman–Crippen MR) is 98.3 cm³/mol. The van der Waals surface area contributed by atoms with Crippen LogP contribution in [0, 0.1) is 5.82 Å². The molecule has 0 amide bonds. The molecule has 0 fully saturated rings. The molecule has 0 N–H and O–H groups in total. The zero-order valence-electron chi connectivity index (χ0n) is 14.6. The second-order valence-electron chi connectivity index (χ2n) is 6.15. The van der Waals surface area contributed by atoms with Gasteiger partial charge in [-0.3, -0.25) is 4.79 Å². The Balaban J connectivity index is 1.41. The van der Waals surface area contributed by atoms with E-state index in [-0.39, 0.29) is 18.1 Å². The first-order valence-corrected chi connectivity index (χ1v) is 8.61. The fourth-order valence-corrected chi connectivity index (χ4v) is 2.76. The summed E-state index contributed by atoms with van der Waals surface area (Å²) in [4.78, 5) is 24.7. The first kappa shape index (κ1) is 17.7. The van der Waals surface area contributed by atoms with E-state index in [1.807, 2.05) is 6.07 Å². The number of para-hydroxylation sites is 2. The smallest absolute Gasteiger partial charge is 0.356 e. The minimum atomic E-state index is -0.879. The highest BCUT2D eigenvalue weighted by atomic mass is 19.1. The zero-order chi connectivity index (χ0) is 19.5. The van der Waals surface area contributed by atoms with Crippen molar-refractivity contribution in [3.05, 3.63) is 89.7 Å². The van der Waals surface area contributed by atoms with Gasteiger partial charge in [0.05, 0.1) is 0 Å². The molecule has 0 aromatic heterocycles. The van der Waals surface area contributed by atoms with Gasteiger partial charge < -0.3 is 14.2 Å². The second kappa shape index (κ2) is 7.52. The number of fused-ring (bicyclic) bond motifs is 1. The summed E-state index contributed by atoms with van der Waals surface area (Å²) < 4.78 is 29.4. The van der Waals surface area contributed by atoms with Gasteiger partial charge in [-0.25, -0.2) is 9.18 Å². The quantitative estimate of drug-likeness (QED) is 0.393. The van der Waals surface area contributed by atoms with Crippen molar-refractivity contribution in [1.29, 1.82) is 0 Å². The monoisotopic (exact) mass is 378 g/mol. The Bertz CT molecular complexity index is 1010. The number of ether oxygens (including phenoxy) is 3. The molecule has 0 bridgehead atoms. The van der Waals surface area contributed by atoms with Crippen molar-refractivity contribution in [2.45, 2.75) is 6.10 Å². The Morgan fingerprint density at radius 1 is 0.857 bits per heavy atom. The number of benzene rings is 3. The van der Waals surface area contributed by atoms with Gasteiger partial charge in [-0.2, -0.15) is 0 Å². The zero-order valence-corrected chi connectivity index (χ0v) is 14.6. The summed E-state index contributed by atoms with van der Waals surface area (Å²) in [5.41, 5.74) is 0.773. The van der Waals surface area contributed by atoms with Gasteiger partial charge in [0.25, 0.3) is 0 Å². The van der Waals surface area contributed by atoms with Crippen LogP contribution in [0.15, 0.2) is 72.8 Å². The number of rotatable bonds is 4. The van der Waals surface area contributed by atoms with Crippen molar-refractivity contribution in [1.82, 2.24) is 0 Å². The number of hydrogen-bond acceptors (Lipinski definition) is 5. The van der Waals surface area contributed by atoms with Crippen molar-refractivity contribution in [3.63, 3.8) is 0 Å². The van der Waals surface area contributed by atoms with Gasteiger partial charge in [-0.15, -0.1) is 0 Å². The highest BCUT2D eigenvalue weighted by molar-refractivity contribution is 6.09. The van der Waals surface area contributed by atoms with E-state index in [9.17, 15) is 14.0 Å². The van der Waals surface area contributed by atoms with Gasteiger partial charge in [-0.1, -0.05) is 12.1 Å². The van der Waals surface area contributed by atoms with Gasteiger partial charge in [0, 0.05) is 11.1 Å². The van der Waals surface area contributed by atoms with Crippen LogP contribution in [0.25, 0.3) is 0 Å². The summed E-state index contributed by atoms with van der Waals surface area (Å²) in [6, 6.07) is 18.5. The summed E-state index contributed by atoms with van der Waals surface area (Å²) in [6.07, 6.45) is -0.879. The fourth-order valence-electron chi connectivity index (χ4n) is 2.76. The molecule has 6 heteroatoms. The lowest BCUT2D eigenvalue weighted by Gasteiger charge is -2.24. The normalized spacial score (nSPS) is 15.0. The molecule has 1 unspecified atom stereocenters. The number of carbonyl (C=O) groups excluding carboxylic acids is 2. The highest BCUT2D eigenvalue weighted by Crippen LogP contribution is 2.31. The molecule has 3 aromatic carbocycles. The summed E-state index contributed by atoms with van der Waals surface area (Å²) in [5, 5.41) is 0. The van der Waals surface area contributed by atoms with Crippen LogP contribution in [0.3, 0.4) is 0 Å². The van der Waals surface area contributed by atoms with Crippen LogP contribution in [0.2, 0.25) is 0 Å². The minimum absolute atomic E-state index is 0.0526. The molecule has 3 aromatic rings. The third-order valence-corrected chi connectivity index (χ3v) is 4.21. The third-order valence-electron chi connectivity index (χ3n) is 4.21.